The van der Waals surface area contributed by atoms with E-state index in [4.69, 9.17) is 5.11 Å². The third-order valence-electron chi connectivity index (χ3n) is 1.98. The number of aromatic nitrogens is 1. The van der Waals surface area contributed by atoms with Gasteiger partial charge in [-0.3, -0.25) is 0 Å². The van der Waals surface area contributed by atoms with Crippen molar-refractivity contribution in [2.75, 3.05) is 0 Å². The molecule has 0 radical (unpaired) electrons. The summed E-state index contributed by atoms with van der Waals surface area (Å²) in [6, 6.07) is 3.47. The summed E-state index contributed by atoms with van der Waals surface area (Å²) in [6.45, 7) is 4.29. The molecule has 15 heavy (non-hydrogen) atoms. The molecular formula is C11H15NO2S. The van der Waals surface area contributed by atoms with Crippen molar-refractivity contribution in [3.05, 3.63) is 24.0 Å². The van der Waals surface area contributed by atoms with Crippen molar-refractivity contribution in [1.82, 2.24) is 4.98 Å². The van der Waals surface area contributed by atoms with Crippen molar-refractivity contribution in [2.24, 2.45) is 0 Å². The lowest BCUT2D eigenvalue weighted by Crippen LogP contribution is -2.00. The van der Waals surface area contributed by atoms with E-state index in [0.717, 1.165) is 17.7 Å². The zero-order valence-corrected chi connectivity index (χ0v) is 9.75. The molecular weight excluding hydrogens is 210 g/mol. The Morgan fingerprint density at radius 3 is 3.00 bits per heavy atom. The fourth-order valence-electron chi connectivity index (χ4n) is 1.30. The molecule has 0 spiro atoms. The van der Waals surface area contributed by atoms with Gasteiger partial charge in [0.15, 0.2) is 0 Å². The van der Waals surface area contributed by atoms with E-state index < -0.39 is 5.97 Å². The average molecular weight is 225 g/mol. The predicted molar refractivity (Wildman–Crippen MR) is 61.4 cm³/mol. The van der Waals surface area contributed by atoms with E-state index in [1.165, 1.54) is 0 Å². The van der Waals surface area contributed by atoms with Crippen molar-refractivity contribution in [3.8, 4) is 0 Å². The highest BCUT2D eigenvalue weighted by Crippen LogP contribution is 2.25. The van der Waals surface area contributed by atoms with E-state index in [1.54, 1.807) is 24.0 Å². The SMILES string of the molecule is CCCC(C)Sc1ccnc(C(=O)O)c1. The van der Waals surface area contributed by atoms with Crippen LogP contribution in [0.2, 0.25) is 0 Å². The summed E-state index contributed by atoms with van der Waals surface area (Å²) in [5.41, 5.74) is 0.115. The van der Waals surface area contributed by atoms with E-state index >= 15 is 0 Å². The number of carboxylic acid groups (broad SMARTS) is 1. The first-order valence-electron chi connectivity index (χ1n) is 4.99. The quantitative estimate of drug-likeness (QED) is 0.782. The molecule has 1 heterocycles. The normalized spacial score (nSPS) is 12.4. The first-order valence-corrected chi connectivity index (χ1v) is 5.87. The van der Waals surface area contributed by atoms with E-state index in [0.29, 0.717) is 5.25 Å². The zero-order chi connectivity index (χ0) is 11.3. The Morgan fingerprint density at radius 2 is 2.40 bits per heavy atom. The van der Waals surface area contributed by atoms with Crippen LogP contribution < -0.4 is 0 Å². The molecule has 0 aliphatic rings. The standard InChI is InChI=1S/C11H15NO2S/c1-3-4-8(2)15-9-5-6-12-10(7-9)11(13)14/h5-8H,3-4H2,1-2H3,(H,13,14). The molecule has 3 nitrogen and oxygen atoms in total. The molecule has 1 rings (SSSR count). The largest absolute Gasteiger partial charge is 0.477 e. The number of carboxylic acids is 1. The second-order valence-electron chi connectivity index (χ2n) is 3.40. The third-order valence-corrected chi connectivity index (χ3v) is 3.15. The molecule has 1 atom stereocenters. The lowest BCUT2D eigenvalue weighted by molar-refractivity contribution is 0.0690. The molecule has 1 aromatic rings. The van der Waals surface area contributed by atoms with Crippen LogP contribution in [0.15, 0.2) is 23.2 Å². The summed E-state index contributed by atoms with van der Waals surface area (Å²) >= 11 is 1.70. The number of thioether (sulfide) groups is 1. The molecule has 0 fully saturated rings. The summed E-state index contributed by atoms with van der Waals surface area (Å²) in [5.74, 6) is -0.972. The van der Waals surface area contributed by atoms with Gasteiger partial charge in [-0.1, -0.05) is 20.3 Å². The van der Waals surface area contributed by atoms with Gasteiger partial charge < -0.3 is 5.11 Å². The maximum absolute atomic E-state index is 10.7. The van der Waals surface area contributed by atoms with Gasteiger partial charge in [0.1, 0.15) is 5.69 Å². The van der Waals surface area contributed by atoms with Crippen LogP contribution in [0, 0.1) is 0 Å². The molecule has 1 unspecified atom stereocenters. The van der Waals surface area contributed by atoms with Crippen molar-refractivity contribution < 1.29 is 9.90 Å². The van der Waals surface area contributed by atoms with Gasteiger partial charge >= 0.3 is 5.97 Å². The van der Waals surface area contributed by atoms with E-state index in [-0.39, 0.29) is 5.69 Å². The molecule has 4 heteroatoms. The molecule has 0 aromatic carbocycles. The maximum atomic E-state index is 10.7. The summed E-state index contributed by atoms with van der Waals surface area (Å²) in [7, 11) is 0. The number of nitrogens with zero attached hydrogens (tertiary/aromatic N) is 1. The molecule has 0 amide bonds. The Balaban J connectivity index is 2.69. The van der Waals surface area contributed by atoms with Crippen LogP contribution in [-0.4, -0.2) is 21.3 Å². The second kappa shape index (κ2) is 5.75. The van der Waals surface area contributed by atoms with Gasteiger partial charge in [0, 0.05) is 16.3 Å². The highest BCUT2D eigenvalue weighted by molar-refractivity contribution is 7.99. The molecule has 1 N–H and O–H groups in total. The number of hydrogen-bond donors (Lipinski definition) is 1. The lowest BCUT2D eigenvalue weighted by atomic mass is 10.3. The topological polar surface area (TPSA) is 50.2 Å². The Bertz CT molecular complexity index is 341. The van der Waals surface area contributed by atoms with Crippen LogP contribution >= 0.6 is 11.8 Å². The van der Waals surface area contributed by atoms with Gasteiger partial charge in [0.05, 0.1) is 0 Å². The monoisotopic (exact) mass is 225 g/mol. The van der Waals surface area contributed by atoms with Crippen molar-refractivity contribution >= 4 is 17.7 Å². The van der Waals surface area contributed by atoms with Gasteiger partial charge in [-0.15, -0.1) is 11.8 Å². The first-order chi connectivity index (χ1) is 7.13. The summed E-state index contributed by atoms with van der Waals surface area (Å²) in [6.07, 6.45) is 3.82. The van der Waals surface area contributed by atoms with Gasteiger partial charge in [-0.2, -0.15) is 0 Å². The number of pyridine rings is 1. The third kappa shape index (κ3) is 3.91. The van der Waals surface area contributed by atoms with Crippen LogP contribution in [0.4, 0.5) is 0 Å². The van der Waals surface area contributed by atoms with E-state index in [9.17, 15) is 4.79 Å². The number of carbonyl (C=O) groups is 1. The molecule has 82 valence electrons. The minimum Gasteiger partial charge on any atom is -0.477 e. The van der Waals surface area contributed by atoms with Crippen LogP contribution in [0.25, 0.3) is 0 Å². The zero-order valence-electron chi connectivity index (χ0n) is 8.93. The number of rotatable bonds is 5. The fourth-order valence-corrected chi connectivity index (χ4v) is 2.44. The van der Waals surface area contributed by atoms with Gasteiger partial charge in [-0.25, -0.2) is 9.78 Å². The van der Waals surface area contributed by atoms with Gasteiger partial charge in [0.25, 0.3) is 0 Å². The Kier molecular flexibility index (Phi) is 4.62. The predicted octanol–water partition coefficient (Wildman–Crippen LogP) is 3.06. The fraction of sp³-hybridized carbons (Fsp3) is 0.455. The lowest BCUT2D eigenvalue weighted by Gasteiger charge is -2.09. The Morgan fingerprint density at radius 1 is 1.67 bits per heavy atom. The molecule has 0 saturated carbocycles. The van der Waals surface area contributed by atoms with Gasteiger partial charge in [0.2, 0.25) is 0 Å². The molecule has 0 aliphatic heterocycles. The van der Waals surface area contributed by atoms with Crippen molar-refractivity contribution in [2.45, 2.75) is 36.8 Å². The first kappa shape index (κ1) is 12.0. The average Bonchev–Trinajstić information content (AvgIpc) is 2.18. The van der Waals surface area contributed by atoms with Crippen molar-refractivity contribution in [1.29, 1.82) is 0 Å². The van der Waals surface area contributed by atoms with Crippen LogP contribution in [0.3, 0.4) is 0 Å². The molecule has 1 aromatic heterocycles. The van der Waals surface area contributed by atoms with Crippen LogP contribution in [-0.2, 0) is 0 Å². The summed E-state index contributed by atoms with van der Waals surface area (Å²) < 4.78 is 0. The minimum absolute atomic E-state index is 0.115. The Hall–Kier alpha value is -1.03. The maximum Gasteiger partial charge on any atom is 0.354 e. The summed E-state index contributed by atoms with van der Waals surface area (Å²) in [4.78, 5) is 15.4. The van der Waals surface area contributed by atoms with Crippen LogP contribution in [0.5, 0.6) is 0 Å². The second-order valence-corrected chi connectivity index (χ2v) is 4.91. The Labute approximate surface area is 93.9 Å². The molecule has 0 aliphatic carbocycles. The molecule has 0 saturated heterocycles. The van der Waals surface area contributed by atoms with E-state index in [2.05, 4.69) is 18.8 Å². The summed E-state index contributed by atoms with van der Waals surface area (Å²) in [5, 5.41) is 9.29. The minimum atomic E-state index is -0.972. The number of hydrogen-bond acceptors (Lipinski definition) is 3. The number of aromatic carboxylic acids is 1. The highest BCUT2D eigenvalue weighted by atomic mass is 32.2. The van der Waals surface area contributed by atoms with Crippen LogP contribution in [0.1, 0.15) is 37.2 Å². The van der Waals surface area contributed by atoms with Crippen molar-refractivity contribution in [3.63, 3.8) is 0 Å². The smallest absolute Gasteiger partial charge is 0.354 e. The van der Waals surface area contributed by atoms with Gasteiger partial charge in [-0.05, 0) is 18.6 Å². The van der Waals surface area contributed by atoms with E-state index in [1.807, 2.05) is 6.07 Å². The molecule has 0 bridgehead atoms. The highest BCUT2D eigenvalue weighted by Gasteiger charge is 2.07.